The molecule has 0 heterocycles. The van der Waals surface area contributed by atoms with Crippen LogP contribution in [0.15, 0.2) is 24.3 Å². The first-order valence-corrected chi connectivity index (χ1v) is 6.75. The van der Waals surface area contributed by atoms with Crippen molar-refractivity contribution in [1.29, 1.82) is 0 Å². The first-order valence-electron chi connectivity index (χ1n) is 6.75. The maximum Gasteiger partial charge on any atom is 0.251 e. The van der Waals surface area contributed by atoms with Crippen molar-refractivity contribution in [3.63, 3.8) is 0 Å². The van der Waals surface area contributed by atoms with Gasteiger partial charge in [0, 0.05) is 11.1 Å². The highest BCUT2D eigenvalue weighted by molar-refractivity contribution is 5.94. The topological polar surface area (TPSA) is 29.1 Å². The normalized spacial score (nSPS) is 30.2. The second-order valence-electron chi connectivity index (χ2n) is 5.75. The third kappa shape index (κ3) is 2.14. The summed E-state index contributed by atoms with van der Waals surface area (Å²) in [6.45, 7) is 0. The van der Waals surface area contributed by atoms with Crippen LogP contribution in [0.3, 0.4) is 0 Å². The van der Waals surface area contributed by atoms with Crippen molar-refractivity contribution >= 4 is 5.91 Å². The predicted octanol–water partition coefficient (Wildman–Crippen LogP) is 3.28. The fraction of sp³-hybridized carbons (Fsp3) is 0.533. The average molecular weight is 247 g/mol. The summed E-state index contributed by atoms with van der Waals surface area (Å²) in [6.07, 6.45) is 6.99. The molecule has 1 N–H and O–H groups in total. The van der Waals surface area contributed by atoms with Crippen LogP contribution in [0, 0.1) is 11.7 Å². The van der Waals surface area contributed by atoms with Crippen LogP contribution in [0.2, 0.25) is 0 Å². The molecule has 1 aromatic rings. The second-order valence-corrected chi connectivity index (χ2v) is 5.75. The van der Waals surface area contributed by atoms with E-state index in [1.54, 1.807) is 12.1 Å². The zero-order valence-corrected chi connectivity index (χ0v) is 10.4. The predicted molar refractivity (Wildman–Crippen MR) is 67.8 cm³/mol. The Morgan fingerprint density at radius 3 is 3.06 bits per heavy atom. The Morgan fingerprint density at radius 1 is 1.33 bits per heavy atom. The molecule has 2 aliphatic carbocycles. The summed E-state index contributed by atoms with van der Waals surface area (Å²) in [5, 5.41) is 3.16. The molecule has 0 spiro atoms. The lowest BCUT2D eigenvalue weighted by molar-refractivity contribution is 0.0880. The molecule has 2 bridgehead atoms. The lowest BCUT2D eigenvalue weighted by atomic mass is 9.83. The van der Waals surface area contributed by atoms with Gasteiger partial charge in [0.05, 0.1) is 0 Å². The third-order valence-electron chi connectivity index (χ3n) is 4.44. The van der Waals surface area contributed by atoms with E-state index in [0.29, 0.717) is 5.56 Å². The Hall–Kier alpha value is -1.38. The Kier molecular flexibility index (Phi) is 2.84. The number of rotatable bonds is 2. The molecule has 18 heavy (non-hydrogen) atoms. The standard InChI is InChI=1S/C15H18FNO/c16-13-5-1-4-12(9-13)14(18)17-15-7-2-3-11(10-15)6-8-15/h1,4-5,9,11H,2-3,6-8,10H2,(H,17,18). The lowest BCUT2D eigenvalue weighted by Gasteiger charge is -2.34. The Morgan fingerprint density at radius 2 is 2.22 bits per heavy atom. The number of benzene rings is 1. The molecule has 2 nitrogen and oxygen atoms in total. The van der Waals surface area contributed by atoms with Gasteiger partial charge in [-0.3, -0.25) is 4.79 Å². The SMILES string of the molecule is O=C(NC12CCCC(CC1)C2)c1cccc(F)c1. The van der Waals surface area contributed by atoms with Crippen LogP contribution in [0.4, 0.5) is 4.39 Å². The highest BCUT2D eigenvalue weighted by Gasteiger charge is 2.42. The summed E-state index contributed by atoms with van der Waals surface area (Å²) in [5.74, 6) is 0.303. The van der Waals surface area contributed by atoms with Crippen LogP contribution in [0.5, 0.6) is 0 Å². The molecule has 2 atom stereocenters. The Balaban J connectivity index is 1.75. The van der Waals surface area contributed by atoms with Gasteiger partial charge in [-0.1, -0.05) is 18.9 Å². The third-order valence-corrected chi connectivity index (χ3v) is 4.44. The van der Waals surface area contributed by atoms with E-state index in [1.165, 1.54) is 31.4 Å². The minimum Gasteiger partial charge on any atom is -0.347 e. The molecule has 2 aliphatic rings. The summed E-state index contributed by atoms with van der Waals surface area (Å²) >= 11 is 0. The van der Waals surface area contributed by atoms with Gasteiger partial charge in [0.1, 0.15) is 5.82 Å². The van der Waals surface area contributed by atoms with Crippen molar-refractivity contribution in [2.75, 3.05) is 0 Å². The molecular weight excluding hydrogens is 229 g/mol. The van der Waals surface area contributed by atoms with E-state index in [2.05, 4.69) is 5.32 Å². The molecule has 96 valence electrons. The maximum absolute atomic E-state index is 13.1. The van der Waals surface area contributed by atoms with Gasteiger partial charge in [0.25, 0.3) is 5.91 Å². The van der Waals surface area contributed by atoms with Crippen molar-refractivity contribution in [1.82, 2.24) is 5.32 Å². The summed E-state index contributed by atoms with van der Waals surface area (Å²) < 4.78 is 13.1. The van der Waals surface area contributed by atoms with E-state index in [9.17, 15) is 9.18 Å². The summed E-state index contributed by atoms with van der Waals surface area (Å²) in [6, 6.07) is 5.92. The minimum atomic E-state index is -0.354. The molecule has 0 aromatic heterocycles. The first-order chi connectivity index (χ1) is 8.67. The van der Waals surface area contributed by atoms with Crippen molar-refractivity contribution in [3.05, 3.63) is 35.6 Å². The van der Waals surface area contributed by atoms with Gasteiger partial charge < -0.3 is 5.32 Å². The monoisotopic (exact) mass is 247 g/mol. The van der Waals surface area contributed by atoms with Crippen molar-refractivity contribution < 1.29 is 9.18 Å². The number of carbonyl (C=O) groups excluding carboxylic acids is 1. The number of hydrogen-bond donors (Lipinski definition) is 1. The summed E-state index contributed by atoms with van der Waals surface area (Å²) in [4.78, 5) is 12.2. The van der Waals surface area contributed by atoms with Gasteiger partial charge in [-0.05, 0) is 49.8 Å². The molecule has 0 saturated heterocycles. The number of amides is 1. The molecule has 1 aromatic carbocycles. The molecule has 0 radical (unpaired) electrons. The van der Waals surface area contributed by atoms with Gasteiger partial charge in [-0.2, -0.15) is 0 Å². The van der Waals surface area contributed by atoms with Gasteiger partial charge in [-0.15, -0.1) is 0 Å². The van der Waals surface area contributed by atoms with Crippen LogP contribution in [0.25, 0.3) is 0 Å². The van der Waals surface area contributed by atoms with Gasteiger partial charge in [0.15, 0.2) is 0 Å². The average Bonchev–Trinajstić information content (AvgIpc) is 2.64. The van der Waals surface area contributed by atoms with Crippen LogP contribution in [-0.4, -0.2) is 11.4 Å². The highest BCUT2D eigenvalue weighted by atomic mass is 19.1. The summed E-state index contributed by atoms with van der Waals surface area (Å²) in [5.41, 5.74) is 0.421. The van der Waals surface area contributed by atoms with Crippen molar-refractivity contribution in [3.8, 4) is 0 Å². The molecule has 2 unspecified atom stereocenters. The van der Waals surface area contributed by atoms with E-state index >= 15 is 0 Å². The lowest BCUT2D eigenvalue weighted by Crippen LogP contribution is -2.47. The summed E-state index contributed by atoms with van der Waals surface area (Å²) in [7, 11) is 0. The fourth-order valence-corrected chi connectivity index (χ4v) is 3.56. The Bertz CT molecular complexity index is 469. The van der Waals surface area contributed by atoms with Crippen LogP contribution >= 0.6 is 0 Å². The maximum atomic E-state index is 13.1. The van der Waals surface area contributed by atoms with Crippen LogP contribution in [0.1, 0.15) is 48.9 Å². The van der Waals surface area contributed by atoms with E-state index < -0.39 is 0 Å². The van der Waals surface area contributed by atoms with E-state index in [1.807, 2.05) is 0 Å². The number of nitrogens with one attached hydrogen (secondary N) is 1. The van der Waals surface area contributed by atoms with Crippen molar-refractivity contribution in [2.45, 2.75) is 44.1 Å². The highest BCUT2D eigenvalue weighted by Crippen LogP contribution is 2.45. The van der Waals surface area contributed by atoms with Gasteiger partial charge in [0.2, 0.25) is 0 Å². The quantitative estimate of drug-likeness (QED) is 0.853. The smallest absolute Gasteiger partial charge is 0.251 e. The van der Waals surface area contributed by atoms with Gasteiger partial charge in [-0.25, -0.2) is 4.39 Å². The zero-order chi connectivity index (χ0) is 12.6. The molecule has 0 aliphatic heterocycles. The van der Waals surface area contributed by atoms with E-state index in [0.717, 1.165) is 25.2 Å². The largest absolute Gasteiger partial charge is 0.347 e. The molecule has 2 fully saturated rings. The zero-order valence-electron chi connectivity index (χ0n) is 10.4. The number of halogens is 1. The molecule has 1 amide bonds. The number of fused-ring (bicyclic) bond motifs is 2. The minimum absolute atomic E-state index is 0.00762. The molecule has 3 rings (SSSR count). The molecule has 3 heteroatoms. The number of carbonyl (C=O) groups is 1. The van der Waals surface area contributed by atoms with Crippen LogP contribution in [-0.2, 0) is 0 Å². The van der Waals surface area contributed by atoms with E-state index in [4.69, 9.17) is 0 Å². The number of hydrogen-bond acceptors (Lipinski definition) is 1. The van der Waals surface area contributed by atoms with Crippen LogP contribution < -0.4 is 5.32 Å². The first kappa shape index (κ1) is 11.7. The van der Waals surface area contributed by atoms with E-state index in [-0.39, 0.29) is 17.3 Å². The molecule has 2 saturated carbocycles. The Labute approximate surface area is 107 Å². The van der Waals surface area contributed by atoms with Gasteiger partial charge >= 0.3 is 0 Å². The van der Waals surface area contributed by atoms with Crippen molar-refractivity contribution in [2.24, 2.45) is 5.92 Å². The second kappa shape index (κ2) is 4.38. The fourth-order valence-electron chi connectivity index (χ4n) is 3.56. The molecular formula is C15H18FNO.